The van der Waals surface area contributed by atoms with Gasteiger partial charge < -0.3 is 10.4 Å². The molecule has 1 aromatic rings. The van der Waals surface area contributed by atoms with Crippen LogP contribution in [0.4, 0.5) is 0 Å². The van der Waals surface area contributed by atoms with Gasteiger partial charge in [0, 0.05) is 16.1 Å². The van der Waals surface area contributed by atoms with Gasteiger partial charge in [0.25, 0.3) is 5.91 Å². The first-order valence-corrected chi connectivity index (χ1v) is 7.06. The maximum Gasteiger partial charge on any atom is 0.306 e. The third-order valence-corrected chi connectivity index (χ3v) is 3.88. The Morgan fingerprint density at radius 2 is 2.05 bits per heavy atom. The highest BCUT2D eigenvalue weighted by atomic mass is 79.9. The van der Waals surface area contributed by atoms with Crippen molar-refractivity contribution in [2.24, 2.45) is 5.92 Å². The van der Waals surface area contributed by atoms with Crippen molar-refractivity contribution in [3.8, 4) is 0 Å². The highest BCUT2D eigenvalue weighted by Crippen LogP contribution is 2.26. The Morgan fingerprint density at radius 3 is 2.63 bits per heavy atom. The van der Waals surface area contributed by atoms with Gasteiger partial charge >= 0.3 is 5.97 Å². The first-order valence-electron chi connectivity index (χ1n) is 6.26. The fraction of sp³-hybridized carbons (Fsp3) is 0.429. The topological polar surface area (TPSA) is 66.4 Å². The fourth-order valence-corrected chi connectivity index (χ4v) is 3.08. The number of aliphatic carboxylic acids is 1. The monoisotopic (exact) mass is 325 g/mol. The summed E-state index contributed by atoms with van der Waals surface area (Å²) in [5, 5.41) is 11.8. The molecule has 1 saturated carbocycles. The number of halogens is 1. The number of carboxylic acids is 1. The van der Waals surface area contributed by atoms with E-state index in [9.17, 15) is 9.59 Å². The van der Waals surface area contributed by atoms with Gasteiger partial charge in [-0.2, -0.15) is 0 Å². The van der Waals surface area contributed by atoms with E-state index in [4.69, 9.17) is 5.11 Å². The maximum absolute atomic E-state index is 12.1. The predicted octanol–water partition coefficient (Wildman–Crippen LogP) is 2.74. The van der Waals surface area contributed by atoms with Gasteiger partial charge in [0.2, 0.25) is 0 Å². The van der Waals surface area contributed by atoms with Crippen LogP contribution in [0.1, 0.15) is 35.2 Å². The summed E-state index contributed by atoms with van der Waals surface area (Å²) in [5.41, 5.74) is 1.61. The Labute approximate surface area is 120 Å². The maximum atomic E-state index is 12.1. The van der Waals surface area contributed by atoms with Gasteiger partial charge in [0.15, 0.2) is 0 Å². The van der Waals surface area contributed by atoms with Crippen molar-refractivity contribution in [2.75, 3.05) is 0 Å². The Bertz CT molecular complexity index is 495. The Hall–Kier alpha value is -1.36. The minimum Gasteiger partial charge on any atom is -0.481 e. The summed E-state index contributed by atoms with van der Waals surface area (Å²) < 4.78 is 0.868. The normalized spacial score (nSPS) is 22.2. The van der Waals surface area contributed by atoms with Gasteiger partial charge in [-0.15, -0.1) is 0 Å². The SMILES string of the molecule is Cc1cc(Br)cc(C(=O)NC2CCC(C(=O)O)C2)c1. The van der Waals surface area contributed by atoms with E-state index in [1.54, 1.807) is 6.07 Å². The van der Waals surface area contributed by atoms with E-state index in [0.29, 0.717) is 18.4 Å². The summed E-state index contributed by atoms with van der Waals surface area (Å²) in [6.45, 7) is 1.93. The van der Waals surface area contributed by atoms with E-state index < -0.39 is 5.97 Å². The lowest BCUT2D eigenvalue weighted by molar-refractivity contribution is -0.141. The van der Waals surface area contributed by atoms with E-state index in [-0.39, 0.29) is 17.9 Å². The van der Waals surface area contributed by atoms with Crippen molar-refractivity contribution < 1.29 is 14.7 Å². The molecule has 2 unspecified atom stereocenters. The van der Waals surface area contributed by atoms with Gasteiger partial charge in [-0.1, -0.05) is 15.9 Å². The quantitative estimate of drug-likeness (QED) is 0.897. The minimum absolute atomic E-state index is 0.0344. The van der Waals surface area contributed by atoms with Crippen molar-refractivity contribution in [3.63, 3.8) is 0 Å². The van der Waals surface area contributed by atoms with E-state index >= 15 is 0 Å². The standard InChI is InChI=1S/C14H16BrNO3/c1-8-4-10(6-11(15)5-8)13(17)16-12-3-2-9(7-12)14(18)19/h4-6,9,12H,2-3,7H2,1H3,(H,16,17)(H,18,19). The van der Waals surface area contributed by atoms with Crippen molar-refractivity contribution in [2.45, 2.75) is 32.2 Å². The van der Waals surface area contributed by atoms with E-state index in [1.165, 1.54) is 0 Å². The Balaban J connectivity index is 2.00. The molecule has 2 rings (SSSR count). The molecule has 1 aliphatic rings. The average molecular weight is 326 g/mol. The molecule has 2 atom stereocenters. The van der Waals surface area contributed by atoms with Gasteiger partial charge in [-0.3, -0.25) is 9.59 Å². The predicted molar refractivity (Wildman–Crippen MR) is 75.1 cm³/mol. The number of hydrogen-bond donors (Lipinski definition) is 2. The second-order valence-corrected chi connectivity index (χ2v) is 5.95. The van der Waals surface area contributed by atoms with Crippen molar-refractivity contribution >= 4 is 27.8 Å². The molecule has 0 aromatic heterocycles. The molecule has 5 heteroatoms. The lowest BCUT2D eigenvalue weighted by atomic mass is 10.1. The fourth-order valence-electron chi connectivity index (χ4n) is 2.47. The summed E-state index contributed by atoms with van der Waals surface area (Å²) in [4.78, 5) is 23.0. The molecule has 0 spiro atoms. The van der Waals surface area contributed by atoms with Gasteiger partial charge in [0.1, 0.15) is 0 Å². The molecule has 0 radical (unpaired) electrons. The molecule has 1 amide bonds. The summed E-state index contributed by atoms with van der Waals surface area (Å²) in [6, 6.07) is 5.50. The van der Waals surface area contributed by atoms with Crippen LogP contribution in [0.25, 0.3) is 0 Å². The zero-order valence-corrected chi connectivity index (χ0v) is 12.2. The number of carbonyl (C=O) groups excluding carboxylic acids is 1. The highest BCUT2D eigenvalue weighted by Gasteiger charge is 2.30. The number of amides is 1. The molecule has 1 aliphatic carbocycles. The molecule has 0 saturated heterocycles. The zero-order chi connectivity index (χ0) is 14.0. The lowest BCUT2D eigenvalue weighted by Crippen LogP contribution is -2.33. The summed E-state index contributed by atoms with van der Waals surface area (Å²) in [6.07, 6.45) is 1.89. The number of carbonyl (C=O) groups is 2. The Morgan fingerprint density at radius 1 is 1.32 bits per heavy atom. The minimum atomic E-state index is -0.768. The number of aryl methyl sites for hydroxylation is 1. The number of benzene rings is 1. The van der Waals surface area contributed by atoms with E-state index in [1.807, 2.05) is 19.1 Å². The summed E-state index contributed by atoms with van der Waals surface area (Å²) >= 11 is 3.36. The third kappa shape index (κ3) is 3.56. The van der Waals surface area contributed by atoms with Crippen LogP contribution in [0.15, 0.2) is 22.7 Å². The number of rotatable bonds is 3. The van der Waals surface area contributed by atoms with Crippen molar-refractivity contribution in [1.82, 2.24) is 5.32 Å². The molecule has 102 valence electrons. The first-order chi connectivity index (χ1) is 8.95. The van der Waals surface area contributed by atoms with Crippen LogP contribution in [0, 0.1) is 12.8 Å². The van der Waals surface area contributed by atoms with Gasteiger partial charge in [-0.05, 0) is 49.9 Å². The molecule has 1 aromatic carbocycles. The second kappa shape index (κ2) is 5.74. The van der Waals surface area contributed by atoms with Crippen molar-refractivity contribution in [3.05, 3.63) is 33.8 Å². The van der Waals surface area contributed by atoms with Crippen LogP contribution in [-0.2, 0) is 4.79 Å². The Kier molecular flexibility index (Phi) is 4.24. The van der Waals surface area contributed by atoms with Gasteiger partial charge in [0.05, 0.1) is 5.92 Å². The van der Waals surface area contributed by atoms with Crippen LogP contribution in [-0.4, -0.2) is 23.0 Å². The number of carboxylic acid groups (broad SMARTS) is 1. The smallest absolute Gasteiger partial charge is 0.306 e. The third-order valence-electron chi connectivity index (χ3n) is 3.42. The molecular formula is C14H16BrNO3. The molecule has 0 bridgehead atoms. The largest absolute Gasteiger partial charge is 0.481 e. The van der Waals surface area contributed by atoms with E-state index in [0.717, 1.165) is 16.5 Å². The second-order valence-electron chi connectivity index (χ2n) is 5.04. The van der Waals surface area contributed by atoms with Crippen LogP contribution in [0.3, 0.4) is 0 Å². The number of hydrogen-bond acceptors (Lipinski definition) is 2. The summed E-state index contributed by atoms with van der Waals surface area (Å²) in [5.74, 6) is -1.23. The lowest BCUT2D eigenvalue weighted by Gasteiger charge is -2.13. The van der Waals surface area contributed by atoms with Crippen LogP contribution in [0.2, 0.25) is 0 Å². The number of nitrogens with one attached hydrogen (secondary N) is 1. The van der Waals surface area contributed by atoms with Gasteiger partial charge in [-0.25, -0.2) is 0 Å². The van der Waals surface area contributed by atoms with E-state index in [2.05, 4.69) is 21.2 Å². The van der Waals surface area contributed by atoms with Crippen molar-refractivity contribution in [1.29, 1.82) is 0 Å². The molecule has 0 aliphatic heterocycles. The zero-order valence-electron chi connectivity index (χ0n) is 10.6. The average Bonchev–Trinajstić information content (AvgIpc) is 2.76. The molecule has 4 nitrogen and oxygen atoms in total. The molecule has 2 N–H and O–H groups in total. The molecular weight excluding hydrogens is 310 g/mol. The first kappa shape index (κ1) is 14.1. The molecule has 0 heterocycles. The molecule has 19 heavy (non-hydrogen) atoms. The summed E-state index contributed by atoms with van der Waals surface area (Å²) in [7, 11) is 0. The van der Waals surface area contributed by atoms with Crippen LogP contribution < -0.4 is 5.32 Å². The van der Waals surface area contributed by atoms with Crippen LogP contribution >= 0.6 is 15.9 Å². The van der Waals surface area contributed by atoms with Crippen LogP contribution in [0.5, 0.6) is 0 Å². The highest BCUT2D eigenvalue weighted by molar-refractivity contribution is 9.10. The molecule has 1 fully saturated rings.